The highest BCUT2D eigenvalue weighted by Crippen LogP contribution is 2.10. The molecule has 1 aromatic rings. The van der Waals surface area contributed by atoms with E-state index in [1.54, 1.807) is 36.4 Å². The van der Waals surface area contributed by atoms with E-state index in [1.807, 2.05) is 19.9 Å². The van der Waals surface area contributed by atoms with Gasteiger partial charge < -0.3 is 10.6 Å². The molecule has 0 spiro atoms. The molecule has 0 saturated heterocycles. The highest BCUT2D eigenvalue weighted by molar-refractivity contribution is 6.01. The molecule has 0 fully saturated rings. The van der Waals surface area contributed by atoms with Crippen LogP contribution in [-0.2, 0) is 4.79 Å². The van der Waals surface area contributed by atoms with Gasteiger partial charge in [-0.3, -0.25) is 9.59 Å². The summed E-state index contributed by atoms with van der Waals surface area (Å²) in [6, 6.07) is 6.82. The van der Waals surface area contributed by atoms with E-state index in [0.29, 0.717) is 17.8 Å². The largest absolute Gasteiger partial charge is 0.352 e. The second-order valence-corrected chi connectivity index (χ2v) is 3.81. The van der Waals surface area contributed by atoms with Gasteiger partial charge in [0, 0.05) is 23.9 Å². The molecule has 2 N–H and O–H groups in total. The summed E-state index contributed by atoms with van der Waals surface area (Å²) in [5.41, 5.74) is 1.12. The molecule has 4 nitrogen and oxygen atoms in total. The molecular weight excluding hydrogens is 240 g/mol. The highest BCUT2D eigenvalue weighted by Gasteiger charge is 2.05. The van der Waals surface area contributed by atoms with Crippen molar-refractivity contribution in [2.45, 2.75) is 13.8 Å². The Balaban J connectivity index is 2.72. The molecule has 0 saturated carbocycles. The molecule has 0 bridgehead atoms. The molecule has 0 radical (unpaired) electrons. The Bertz CT molecular complexity index is 505. The van der Waals surface area contributed by atoms with Gasteiger partial charge in [-0.25, -0.2) is 0 Å². The number of anilines is 1. The zero-order valence-electron chi connectivity index (χ0n) is 11.1. The quantitative estimate of drug-likeness (QED) is 0.629. The number of allylic oxidation sites excluding steroid dienone is 3. The van der Waals surface area contributed by atoms with E-state index in [-0.39, 0.29) is 11.8 Å². The minimum atomic E-state index is -0.230. The summed E-state index contributed by atoms with van der Waals surface area (Å²) in [6.07, 6.45) is 6.69. The van der Waals surface area contributed by atoms with E-state index in [0.717, 1.165) is 0 Å². The maximum absolute atomic E-state index is 11.6. The van der Waals surface area contributed by atoms with Crippen molar-refractivity contribution in [3.8, 4) is 0 Å². The lowest BCUT2D eigenvalue weighted by Gasteiger charge is -2.05. The van der Waals surface area contributed by atoms with Gasteiger partial charge in [-0.1, -0.05) is 24.3 Å². The van der Waals surface area contributed by atoms with Crippen molar-refractivity contribution in [1.29, 1.82) is 0 Å². The van der Waals surface area contributed by atoms with E-state index in [2.05, 4.69) is 10.6 Å². The first-order chi connectivity index (χ1) is 9.17. The van der Waals surface area contributed by atoms with Crippen molar-refractivity contribution in [1.82, 2.24) is 5.32 Å². The predicted molar refractivity (Wildman–Crippen MR) is 77.0 cm³/mol. The first kappa shape index (κ1) is 14.7. The Hall–Kier alpha value is -2.36. The average molecular weight is 258 g/mol. The zero-order valence-corrected chi connectivity index (χ0v) is 11.1. The van der Waals surface area contributed by atoms with Gasteiger partial charge in [-0.05, 0) is 32.0 Å². The molecule has 0 aliphatic heterocycles. The molecule has 0 heterocycles. The summed E-state index contributed by atoms with van der Waals surface area (Å²) < 4.78 is 0. The number of carbonyl (C=O) groups is 2. The molecular formula is C15H18N2O2. The van der Waals surface area contributed by atoms with Crippen LogP contribution in [0.4, 0.5) is 5.69 Å². The Morgan fingerprint density at radius 3 is 2.74 bits per heavy atom. The van der Waals surface area contributed by atoms with E-state index in [9.17, 15) is 9.59 Å². The fraction of sp³-hybridized carbons (Fsp3) is 0.200. The van der Waals surface area contributed by atoms with Gasteiger partial charge in [-0.2, -0.15) is 0 Å². The summed E-state index contributed by atoms with van der Waals surface area (Å²) in [5, 5.41) is 5.41. The van der Waals surface area contributed by atoms with Crippen molar-refractivity contribution in [2.24, 2.45) is 0 Å². The van der Waals surface area contributed by atoms with Gasteiger partial charge in [0.1, 0.15) is 0 Å². The van der Waals surface area contributed by atoms with Crippen molar-refractivity contribution in [3.05, 3.63) is 54.1 Å². The first-order valence-electron chi connectivity index (χ1n) is 6.16. The number of nitrogens with one attached hydrogen (secondary N) is 2. The van der Waals surface area contributed by atoms with Crippen LogP contribution in [0.2, 0.25) is 0 Å². The first-order valence-corrected chi connectivity index (χ1v) is 6.16. The van der Waals surface area contributed by atoms with Crippen LogP contribution in [-0.4, -0.2) is 18.4 Å². The molecule has 2 amide bonds. The standard InChI is InChI=1S/C15H18N2O2/c1-3-5-6-10-14(18)17-13-9-7-8-12(11-13)15(19)16-4-2/h3,5-11H,4H2,1-2H3,(H,16,19)(H,17,18)/b5-3+,10-6+. The maximum atomic E-state index is 11.6. The van der Waals surface area contributed by atoms with Crippen LogP contribution in [0.3, 0.4) is 0 Å². The topological polar surface area (TPSA) is 58.2 Å². The number of hydrogen-bond acceptors (Lipinski definition) is 2. The molecule has 100 valence electrons. The van der Waals surface area contributed by atoms with Crippen LogP contribution in [0.1, 0.15) is 24.2 Å². The Labute approximate surface area is 113 Å². The molecule has 4 heteroatoms. The molecule has 19 heavy (non-hydrogen) atoms. The summed E-state index contributed by atoms with van der Waals surface area (Å²) in [5.74, 6) is -0.380. The lowest BCUT2D eigenvalue weighted by molar-refractivity contribution is -0.111. The van der Waals surface area contributed by atoms with Crippen molar-refractivity contribution >= 4 is 17.5 Å². The summed E-state index contributed by atoms with van der Waals surface area (Å²) >= 11 is 0. The lowest BCUT2D eigenvalue weighted by atomic mass is 10.2. The molecule has 1 rings (SSSR count). The fourth-order valence-electron chi connectivity index (χ4n) is 1.44. The molecule has 1 aromatic carbocycles. The Morgan fingerprint density at radius 2 is 2.05 bits per heavy atom. The van der Waals surface area contributed by atoms with Crippen molar-refractivity contribution in [2.75, 3.05) is 11.9 Å². The predicted octanol–water partition coefficient (Wildman–Crippen LogP) is 2.51. The normalized spacial score (nSPS) is 10.8. The highest BCUT2D eigenvalue weighted by atomic mass is 16.2. The maximum Gasteiger partial charge on any atom is 0.251 e. The number of carbonyl (C=O) groups excluding carboxylic acids is 2. The minimum absolute atomic E-state index is 0.150. The van der Waals surface area contributed by atoms with Gasteiger partial charge in [0.2, 0.25) is 5.91 Å². The van der Waals surface area contributed by atoms with Crippen molar-refractivity contribution < 1.29 is 9.59 Å². The minimum Gasteiger partial charge on any atom is -0.352 e. The van der Waals surface area contributed by atoms with Crippen LogP contribution in [0.5, 0.6) is 0 Å². The van der Waals surface area contributed by atoms with E-state index in [1.165, 1.54) is 6.08 Å². The summed E-state index contributed by atoms with van der Waals surface area (Å²) in [6.45, 7) is 4.30. The molecule has 0 aliphatic carbocycles. The molecule has 0 aliphatic rings. The smallest absolute Gasteiger partial charge is 0.251 e. The number of hydrogen-bond donors (Lipinski definition) is 2. The third-order valence-corrected chi connectivity index (χ3v) is 2.28. The Kier molecular flexibility index (Phi) is 6.09. The van der Waals surface area contributed by atoms with Gasteiger partial charge in [0.15, 0.2) is 0 Å². The number of amides is 2. The average Bonchev–Trinajstić information content (AvgIpc) is 2.39. The van der Waals surface area contributed by atoms with Crippen LogP contribution in [0.25, 0.3) is 0 Å². The fourth-order valence-corrected chi connectivity index (χ4v) is 1.44. The van der Waals surface area contributed by atoms with Gasteiger partial charge in [0.05, 0.1) is 0 Å². The zero-order chi connectivity index (χ0) is 14.1. The molecule has 0 aromatic heterocycles. The Morgan fingerprint density at radius 1 is 1.26 bits per heavy atom. The van der Waals surface area contributed by atoms with Crippen LogP contribution in [0, 0.1) is 0 Å². The summed E-state index contributed by atoms with van der Waals surface area (Å²) in [7, 11) is 0. The van der Waals surface area contributed by atoms with Crippen LogP contribution >= 0.6 is 0 Å². The lowest BCUT2D eigenvalue weighted by Crippen LogP contribution is -2.22. The second-order valence-electron chi connectivity index (χ2n) is 3.81. The molecule has 0 atom stereocenters. The van der Waals surface area contributed by atoms with E-state index in [4.69, 9.17) is 0 Å². The van der Waals surface area contributed by atoms with Crippen molar-refractivity contribution in [3.63, 3.8) is 0 Å². The monoisotopic (exact) mass is 258 g/mol. The van der Waals surface area contributed by atoms with Crippen LogP contribution < -0.4 is 10.6 Å². The van der Waals surface area contributed by atoms with E-state index < -0.39 is 0 Å². The number of rotatable bonds is 5. The van der Waals surface area contributed by atoms with Crippen LogP contribution in [0.15, 0.2) is 48.6 Å². The van der Waals surface area contributed by atoms with Gasteiger partial charge in [-0.15, -0.1) is 0 Å². The third kappa shape index (κ3) is 5.21. The third-order valence-electron chi connectivity index (χ3n) is 2.28. The number of benzene rings is 1. The second kappa shape index (κ2) is 7.87. The van der Waals surface area contributed by atoms with E-state index >= 15 is 0 Å². The van der Waals surface area contributed by atoms with Gasteiger partial charge >= 0.3 is 0 Å². The van der Waals surface area contributed by atoms with Gasteiger partial charge in [0.25, 0.3) is 5.91 Å². The SMILES string of the molecule is C/C=C/C=C/C(=O)Nc1cccc(C(=O)NCC)c1. The summed E-state index contributed by atoms with van der Waals surface area (Å²) in [4.78, 5) is 23.2. The molecule has 0 unspecified atom stereocenters.